The van der Waals surface area contributed by atoms with Gasteiger partial charge in [0.2, 0.25) is 0 Å². The quantitative estimate of drug-likeness (QED) is 0.158. The van der Waals surface area contributed by atoms with Crippen molar-refractivity contribution in [2.75, 3.05) is 4.90 Å². The maximum Gasteiger partial charge on any atom is 0.0547 e. The lowest BCUT2D eigenvalue weighted by Gasteiger charge is -2.26. The number of rotatable bonds is 7. The van der Waals surface area contributed by atoms with Crippen LogP contribution < -0.4 is 4.90 Å². The third-order valence-corrected chi connectivity index (χ3v) is 12.3. The van der Waals surface area contributed by atoms with Gasteiger partial charge in [-0.3, -0.25) is 0 Å². The lowest BCUT2D eigenvalue weighted by Crippen LogP contribution is -2.09. The molecule has 2 nitrogen and oxygen atoms in total. The normalized spacial score (nSPS) is 11.5. The number of anilines is 3. The van der Waals surface area contributed by atoms with E-state index in [9.17, 15) is 0 Å². The van der Waals surface area contributed by atoms with Crippen molar-refractivity contribution in [1.82, 2.24) is 4.57 Å². The summed E-state index contributed by atoms with van der Waals surface area (Å²) < 4.78 is 4.98. The van der Waals surface area contributed by atoms with Crippen LogP contribution in [0.3, 0.4) is 0 Å². The maximum absolute atomic E-state index is 2.39. The maximum atomic E-state index is 2.39. The Kier molecular flexibility index (Phi) is 8.04. The second kappa shape index (κ2) is 13.8. The van der Waals surface area contributed by atoms with Gasteiger partial charge in [0.25, 0.3) is 0 Å². The van der Waals surface area contributed by atoms with Gasteiger partial charge in [-0.2, -0.15) is 0 Å². The van der Waals surface area contributed by atoms with Crippen LogP contribution in [0.1, 0.15) is 0 Å². The minimum atomic E-state index is 1.11. The van der Waals surface area contributed by atoms with Gasteiger partial charge in [-0.05, 0) is 106 Å². The van der Waals surface area contributed by atoms with Crippen molar-refractivity contribution in [3.63, 3.8) is 0 Å². The summed E-state index contributed by atoms with van der Waals surface area (Å²) in [6, 6.07) is 79.4. The molecule has 0 unspecified atom stereocenters. The zero-order valence-corrected chi connectivity index (χ0v) is 31.9. The lowest BCUT2D eigenvalue weighted by atomic mass is 9.97. The molecular formula is C54H36N2S. The fraction of sp³-hybridized carbons (Fsp3) is 0. The second-order valence-electron chi connectivity index (χ2n) is 14.6. The first kappa shape index (κ1) is 33.2. The molecule has 9 aromatic carbocycles. The average Bonchev–Trinajstić information content (AvgIpc) is 3.82. The molecular weight excluding hydrogens is 709 g/mol. The van der Waals surface area contributed by atoms with Crippen molar-refractivity contribution < 1.29 is 0 Å². The molecule has 0 saturated carbocycles. The zero-order chi connectivity index (χ0) is 37.7. The Balaban J connectivity index is 1.01. The van der Waals surface area contributed by atoms with Crippen molar-refractivity contribution in [2.24, 2.45) is 0 Å². The molecule has 0 bridgehead atoms. The van der Waals surface area contributed by atoms with E-state index < -0.39 is 0 Å². The predicted octanol–water partition coefficient (Wildman–Crippen LogP) is 15.6. The standard InChI is InChI=1S/C54H36N2S/c1-3-13-37(14-4-1)38-25-28-44(29-26-38)55(46-30-32-50-49-22-8-10-24-53(49)57-54(50)36-46)45-20-12-17-41(34-45)39-15-11-16-40(33-39)42-27-31-48-47-21-7-9-23-51(47)56(52(48)35-42)43-18-5-2-6-19-43/h1-36H. The van der Waals surface area contributed by atoms with Gasteiger partial charge in [-0.25, -0.2) is 0 Å². The van der Waals surface area contributed by atoms with Crippen molar-refractivity contribution in [2.45, 2.75) is 0 Å². The molecule has 0 radical (unpaired) electrons. The molecule has 268 valence electrons. The highest BCUT2D eigenvalue weighted by molar-refractivity contribution is 7.25. The number of hydrogen-bond acceptors (Lipinski definition) is 2. The molecule has 0 saturated heterocycles. The van der Waals surface area contributed by atoms with E-state index in [4.69, 9.17) is 0 Å². The molecule has 0 aliphatic carbocycles. The van der Waals surface area contributed by atoms with Gasteiger partial charge in [0.05, 0.1) is 11.0 Å². The van der Waals surface area contributed by atoms with Gasteiger partial charge in [0.1, 0.15) is 0 Å². The Morgan fingerprint density at radius 3 is 1.63 bits per heavy atom. The Bertz CT molecular complexity index is 3230. The number of nitrogens with zero attached hydrogens (tertiary/aromatic N) is 2. The fourth-order valence-electron chi connectivity index (χ4n) is 8.44. The van der Waals surface area contributed by atoms with Crippen LogP contribution in [-0.4, -0.2) is 4.57 Å². The summed E-state index contributed by atoms with van der Waals surface area (Å²) in [7, 11) is 0. The van der Waals surface area contributed by atoms with Gasteiger partial charge in [0.15, 0.2) is 0 Å². The number of benzene rings is 9. The number of thiophene rings is 1. The Morgan fingerprint density at radius 2 is 0.825 bits per heavy atom. The summed E-state index contributed by atoms with van der Waals surface area (Å²) in [5.41, 5.74) is 14.1. The van der Waals surface area contributed by atoms with Gasteiger partial charge in [-0.1, -0.05) is 146 Å². The third kappa shape index (κ3) is 5.88. The van der Waals surface area contributed by atoms with Gasteiger partial charge in [-0.15, -0.1) is 11.3 Å². The van der Waals surface area contributed by atoms with Crippen LogP contribution in [0.2, 0.25) is 0 Å². The smallest absolute Gasteiger partial charge is 0.0547 e. The molecule has 0 aliphatic rings. The molecule has 0 amide bonds. The van der Waals surface area contributed by atoms with E-state index in [1.54, 1.807) is 0 Å². The highest BCUT2D eigenvalue weighted by Gasteiger charge is 2.17. The summed E-state index contributed by atoms with van der Waals surface area (Å²) in [6.45, 7) is 0. The largest absolute Gasteiger partial charge is 0.310 e. The Hall–Kier alpha value is -7.20. The van der Waals surface area contributed by atoms with E-state index in [-0.39, 0.29) is 0 Å². The number of fused-ring (bicyclic) bond motifs is 6. The van der Waals surface area contributed by atoms with Crippen molar-refractivity contribution in [3.05, 3.63) is 218 Å². The molecule has 0 spiro atoms. The average molecular weight is 745 g/mol. The van der Waals surface area contributed by atoms with Crippen LogP contribution in [0.15, 0.2) is 218 Å². The number of aromatic nitrogens is 1. The van der Waals surface area contributed by atoms with Gasteiger partial charge in [0, 0.05) is 53.7 Å². The van der Waals surface area contributed by atoms with E-state index >= 15 is 0 Å². The lowest BCUT2D eigenvalue weighted by molar-refractivity contribution is 1.18. The molecule has 0 aliphatic heterocycles. The molecule has 0 fully saturated rings. The monoisotopic (exact) mass is 744 g/mol. The Morgan fingerprint density at radius 1 is 0.298 bits per heavy atom. The van der Waals surface area contributed by atoms with Crippen LogP contribution in [0.4, 0.5) is 17.1 Å². The molecule has 0 N–H and O–H groups in total. The van der Waals surface area contributed by atoms with Crippen LogP contribution in [-0.2, 0) is 0 Å². The van der Waals surface area contributed by atoms with E-state index in [1.807, 2.05) is 11.3 Å². The van der Waals surface area contributed by atoms with Crippen molar-refractivity contribution in [3.8, 4) is 39.1 Å². The zero-order valence-electron chi connectivity index (χ0n) is 31.1. The highest BCUT2D eigenvalue weighted by Crippen LogP contribution is 2.42. The van der Waals surface area contributed by atoms with E-state index in [2.05, 4.69) is 228 Å². The van der Waals surface area contributed by atoms with Crippen LogP contribution in [0.25, 0.3) is 81.0 Å². The summed E-state index contributed by atoms with van der Waals surface area (Å²) in [4.78, 5) is 2.39. The van der Waals surface area contributed by atoms with Crippen LogP contribution in [0, 0.1) is 0 Å². The minimum absolute atomic E-state index is 1.11. The first-order chi connectivity index (χ1) is 28.2. The van der Waals surface area contributed by atoms with Crippen molar-refractivity contribution in [1.29, 1.82) is 0 Å². The second-order valence-corrected chi connectivity index (χ2v) is 15.7. The SMILES string of the molecule is c1ccc(-c2ccc(N(c3cccc(-c4cccc(-c5ccc6c7ccccc7n(-c7ccccc7)c6c5)c4)c3)c3ccc4c(c3)sc3ccccc34)cc2)cc1. The van der Waals surface area contributed by atoms with E-state index in [0.29, 0.717) is 0 Å². The molecule has 11 aromatic rings. The topological polar surface area (TPSA) is 8.17 Å². The number of para-hydroxylation sites is 2. The summed E-state index contributed by atoms with van der Waals surface area (Å²) in [5, 5.41) is 5.13. The fourth-order valence-corrected chi connectivity index (χ4v) is 9.58. The molecule has 0 atom stereocenters. The molecule has 11 rings (SSSR count). The third-order valence-electron chi connectivity index (χ3n) is 11.2. The summed E-state index contributed by atoms with van der Waals surface area (Å²) in [6.07, 6.45) is 0. The minimum Gasteiger partial charge on any atom is -0.310 e. The first-order valence-corrected chi connectivity index (χ1v) is 20.2. The number of hydrogen-bond donors (Lipinski definition) is 0. The van der Waals surface area contributed by atoms with E-state index in [1.165, 1.54) is 75.4 Å². The highest BCUT2D eigenvalue weighted by atomic mass is 32.1. The van der Waals surface area contributed by atoms with Crippen LogP contribution >= 0.6 is 11.3 Å². The van der Waals surface area contributed by atoms with E-state index in [0.717, 1.165) is 22.7 Å². The van der Waals surface area contributed by atoms with Gasteiger partial charge >= 0.3 is 0 Å². The molecule has 2 heterocycles. The van der Waals surface area contributed by atoms with Crippen LogP contribution in [0.5, 0.6) is 0 Å². The predicted molar refractivity (Wildman–Crippen MR) is 245 cm³/mol. The summed E-state index contributed by atoms with van der Waals surface area (Å²) >= 11 is 1.86. The molecule has 57 heavy (non-hydrogen) atoms. The van der Waals surface area contributed by atoms with Gasteiger partial charge < -0.3 is 9.47 Å². The van der Waals surface area contributed by atoms with Crippen molar-refractivity contribution >= 4 is 70.4 Å². The Labute approximate surface area is 335 Å². The molecule has 3 heteroatoms. The molecule has 2 aromatic heterocycles. The first-order valence-electron chi connectivity index (χ1n) is 19.4. The summed E-state index contributed by atoms with van der Waals surface area (Å²) in [5.74, 6) is 0.